The van der Waals surface area contributed by atoms with Crippen molar-refractivity contribution in [2.24, 2.45) is 0 Å². The van der Waals surface area contributed by atoms with E-state index in [1.807, 2.05) is 120 Å². The Hall–Kier alpha value is -4.36. The quantitative estimate of drug-likeness (QED) is 0.247. The number of thioether (sulfide) groups is 1. The van der Waals surface area contributed by atoms with Crippen molar-refractivity contribution in [2.75, 3.05) is 11.1 Å². The number of amides is 1. The Morgan fingerprint density at radius 1 is 0.778 bits per heavy atom. The van der Waals surface area contributed by atoms with Crippen LogP contribution in [0.25, 0.3) is 17.1 Å². The van der Waals surface area contributed by atoms with Crippen LogP contribution in [0.1, 0.15) is 5.56 Å². The maximum Gasteiger partial charge on any atom is 0.234 e. The molecule has 0 aliphatic carbocycles. The van der Waals surface area contributed by atoms with Crippen molar-refractivity contribution in [3.8, 4) is 22.8 Å². The van der Waals surface area contributed by atoms with Gasteiger partial charge in [0.2, 0.25) is 5.91 Å². The molecule has 0 saturated heterocycles. The first-order chi connectivity index (χ1) is 17.8. The molecule has 178 valence electrons. The van der Waals surface area contributed by atoms with Crippen LogP contribution in [0.3, 0.4) is 0 Å². The zero-order valence-corrected chi connectivity index (χ0v) is 20.3. The summed E-state index contributed by atoms with van der Waals surface area (Å²) in [6.07, 6.45) is 0. The average molecular weight is 493 g/mol. The van der Waals surface area contributed by atoms with E-state index in [-0.39, 0.29) is 11.7 Å². The maximum atomic E-state index is 12.7. The van der Waals surface area contributed by atoms with E-state index < -0.39 is 0 Å². The summed E-state index contributed by atoms with van der Waals surface area (Å²) in [5, 5.41) is 12.4. The van der Waals surface area contributed by atoms with Crippen molar-refractivity contribution in [1.82, 2.24) is 14.8 Å². The predicted octanol–water partition coefficient (Wildman–Crippen LogP) is 6.24. The van der Waals surface area contributed by atoms with Crippen molar-refractivity contribution >= 4 is 23.4 Å². The summed E-state index contributed by atoms with van der Waals surface area (Å²) >= 11 is 1.35. The van der Waals surface area contributed by atoms with E-state index in [4.69, 9.17) is 4.74 Å². The highest BCUT2D eigenvalue weighted by atomic mass is 32.2. The van der Waals surface area contributed by atoms with Crippen LogP contribution in [-0.4, -0.2) is 26.4 Å². The van der Waals surface area contributed by atoms with Gasteiger partial charge in [-0.25, -0.2) is 0 Å². The first-order valence-corrected chi connectivity index (χ1v) is 12.5. The molecule has 0 atom stereocenters. The fourth-order valence-electron chi connectivity index (χ4n) is 3.65. The van der Waals surface area contributed by atoms with Crippen LogP contribution in [0.15, 0.2) is 120 Å². The molecule has 1 amide bonds. The van der Waals surface area contributed by atoms with Gasteiger partial charge in [-0.2, -0.15) is 0 Å². The lowest BCUT2D eigenvalue weighted by Crippen LogP contribution is -2.14. The molecule has 1 aromatic heterocycles. The van der Waals surface area contributed by atoms with Gasteiger partial charge < -0.3 is 10.1 Å². The summed E-state index contributed by atoms with van der Waals surface area (Å²) in [5.74, 6) is 1.56. The van der Waals surface area contributed by atoms with E-state index in [1.165, 1.54) is 11.8 Å². The van der Waals surface area contributed by atoms with Gasteiger partial charge >= 0.3 is 0 Å². The standard InChI is InChI=1S/C29H24N4O2S/c34-27(30-24-16-18-26(19-17-24)35-20-22-10-4-1-5-11-22)21-36-29-32-31-28(23-12-6-2-7-13-23)33(29)25-14-8-3-9-15-25/h1-19H,20-21H2,(H,30,34). The monoisotopic (exact) mass is 492 g/mol. The van der Waals surface area contributed by atoms with Gasteiger partial charge in [0.15, 0.2) is 11.0 Å². The minimum atomic E-state index is -0.123. The fraction of sp³-hybridized carbons (Fsp3) is 0.0690. The third-order valence-electron chi connectivity index (χ3n) is 5.40. The van der Waals surface area contributed by atoms with Crippen LogP contribution < -0.4 is 10.1 Å². The van der Waals surface area contributed by atoms with Gasteiger partial charge in [0.05, 0.1) is 5.75 Å². The largest absolute Gasteiger partial charge is 0.489 e. The van der Waals surface area contributed by atoms with Crippen molar-refractivity contribution in [3.05, 3.63) is 121 Å². The van der Waals surface area contributed by atoms with Crippen LogP contribution in [0, 0.1) is 0 Å². The van der Waals surface area contributed by atoms with Gasteiger partial charge in [-0.15, -0.1) is 10.2 Å². The number of anilines is 1. The minimum Gasteiger partial charge on any atom is -0.489 e. The number of hydrogen-bond donors (Lipinski definition) is 1. The van der Waals surface area contributed by atoms with Crippen molar-refractivity contribution in [2.45, 2.75) is 11.8 Å². The lowest BCUT2D eigenvalue weighted by molar-refractivity contribution is -0.113. The van der Waals surface area contributed by atoms with Gasteiger partial charge in [0, 0.05) is 16.9 Å². The Morgan fingerprint density at radius 3 is 2.11 bits per heavy atom. The van der Waals surface area contributed by atoms with E-state index in [2.05, 4.69) is 15.5 Å². The molecule has 7 heteroatoms. The Kier molecular flexibility index (Phi) is 7.39. The molecule has 0 aliphatic heterocycles. The van der Waals surface area contributed by atoms with Crippen LogP contribution in [-0.2, 0) is 11.4 Å². The van der Waals surface area contributed by atoms with Crippen molar-refractivity contribution in [3.63, 3.8) is 0 Å². The SMILES string of the molecule is O=C(CSc1nnc(-c2ccccc2)n1-c1ccccc1)Nc1ccc(OCc2ccccc2)cc1. The Morgan fingerprint density at radius 2 is 1.42 bits per heavy atom. The summed E-state index contributed by atoms with van der Waals surface area (Å²) in [5.41, 5.74) is 3.71. The number of nitrogens with zero attached hydrogens (tertiary/aromatic N) is 3. The van der Waals surface area contributed by atoms with Crippen LogP contribution >= 0.6 is 11.8 Å². The smallest absolute Gasteiger partial charge is 0.234 e. The molecule has 0 radical (unpaired) electrons. The normalized spacial score (nSPS) is 10.7. The molecule has 1 N–H and O–H groups in total. The summed E-state index contributed by atoms with van der Waals surface area (Å²) in [6, 6.07) is 37.2. The van der Waals surface area contributed by atoms with E-state index in [0.717, 1.165) is 28.4 Å². The number of carbonyl (C=O) groups excluding carboxylic acids is 1. The first-order valence-electron chi connectivity index (χ1n) is 11.5. The molecule has 0 aliphatic rings. The van der Waals surface area contributed by atoms with Crippen molar-refractivity contribution in [1.29, 1.82) is 0 Å². The van der Waals surface area contributed by atoms with Crippen molar-refractivity contribution < 1.29 is 9.53 Å². The van der Waals surface area contributed by atoms with E-state index >= 15 is 0 Å². The summed E-state index contributed by atoms with van der Waals surface area (Å²) in [4.78, 5) is 12.7. The second-order valence-electron chi connectivity index (χ2n) is 7.98. The number of carbonyl (C=O) groups is 1. The van der Waals surface area contributed by atoms with Gasteiger partial charge in [0.25, 0.3) is 0 Å². The highest BCUT2D eigenvalue weighted by molar-refractivity contribution is 7.99. The highest BCUT2D eigenvalue weighted by Gasteiger charge is 2.17. The number of nitrogens with one attached hydrogen (secondary N) is 1. The zero-order valence-electron chi connectivity index (χ0n) is 19.5. The summed E-state index contributed by atoms with van der Waals surface area (Å²) in [6.45, 7) is 0.496. The molecule has 6 nitrogen and oxygen atoms in total. The number of aromatic nitrogens is 3. The van der Waals surface area contributed by atoms with Crippen LogP contribution in [0.4, 0.5) is 5.69 Å². The van der Waals surface area contributed by atoms with Gasteiger partial charge in [-0.05, 0) is 42.0 Å². The molecule has 36 heavy (non-hydrogen) atoms. The van der Waals surface area contributed by atoms with Gasteiger partial charge in [-0.3, -0.25) is 9.36 Å². The Balaban J connectivity index is 1.23. The zero-order chi connectivity index (χ0) is 24.6. The van der Waals surface area contributed by atoms with E-state index in [1.54, 1.807) is 0 Å². The topological polar surface area (TPSA) is 69.0 Å². The minimum absolute atomic E-state index is 0.123. The number of hydrogen-bond acceptors (Lipinski definition) is 5. The fourth-order valence-corrected chi connectivity index (χ4v) is 4.40. The molecule has 0 saturated carbocycles. The molecule has 0 spiro atoms. The molecule has 0 fully saturated rings. The van der Waals surface area contributed by atoms with Crippen LogP contribution in [0.2, 0.25) is 0 Å². The Bertz CT molecular complexity index is 1410. The average Bonchev–Trinajstić information content (AvgIpc) is 3.37. The van der Waals surface area contributed by atoms with E-state index in [0.29, 0.717) is 17.5 Å². The third-order valence-corrected chi connectivity index (χ3v) is 6.33. The van der Waals surface area contributed by atoms with Crippen LogP contribution in [0.5, 0.6) is 5.75 Å². The lowest BCUT2D eigenvalue weighted by atomic mass is 10.2. The summed E-state index contributed by atoms with van der Waals surface area (Å²) in [7, 11) is 0. The molecule has 0 bridgehead atoms. The molecule has 4 aromatic carbocycles. The molecular formula is C29H24N4O2S. The molecular weight excluding hydrogens is 468 g/mol. The van der Waals surface area contributed by atoms with E-state index in [9.17, 15) is 4.79 Å². The number of ether oxygens (including phenoxy) is 1. The Labute approximate surface area is 214 Å². The first kappa shape index (κ1) is 23.4. The highest BCUT2D eigenvalue weighted by Crippen LogP contribution is 2.28. The number of para-hydroxylation sites is 1. The van der Waals surface area contributed by atoms with Gasteiger partial charge in [-0.1, -0.05) is 90.6 Å². The molecule has 1 heterocycles. The maximum absolute atomic E-state index is 12.7. The molecule has 5 rings (SSSR count). The van der Waals surface area contributed by atoms with Gasteiger partial charge in [0.1, 0.15) is 12.4 Å². The number of rotatable bonds is 9. The molecule has 5 aromatic rings. The lowest BCUT2D eigenvalue weighted by Gasteiger charge is -2.11. The predicted molar refractivity (Wildman–Crippen MR) is 143 cm³/mol. The number of benzene rings is 4. The molecule has 0 unspecified atom stereocenters. The third kappa shape index (κ3) is 5.82. The second kappa shape index (κ2) is 11.4. The second-order valence-corrected chi connectivity index (χ2v) is 8.92. The summed E-state index contributed by atoms with van der Waals surface area (Å²) < 4.78 is 7.79.